The van der Waals surface area contributed by atoms with Crippen LogP contribution in [0, 0.1) is 11.3 Å². The van der Waals surface area contributed by atoms with Crippen molar-refractivity contribution in [1.82, 2.24) is 0 Å². The summed E-state index contributed by atoms with van der Waals surface area (Å²) in [5, 5.41) is 14.3. The molecule has 1 aromatic carbocycles. The molecule has 0 aliphatic carbocycles. The highest BCUT2D eigenvalue weighted by atomic mass is 32.1. The summed E-state index contributed by atoms with van der Waals surface area (Å²) in [5.74, 6) is -0.0424. The van der Waals surface area contributed by atoms with Gasteiger partial charge in [0, 0.05) is 24.7 Å². The van der Waals surface area contributed by atoms with Gasteiger partial charge in [-0.3, -0.25) is 4.79 Å². The maximum atomic E-state index is 12.2. The van der Waals surface area contributed by atoms with Crippen molar-refractivity contribution in [2.45, 2.75) is 32.2 Å². The minimum atomic E-state index is -0.0424. The van der Waals surface area contributed by atoms with Gasteiger partial charge >= 0.3 is 0 Å². The number of thiophene rings is 1. The number of hydrogen-bond acceptors (Lipinski definition) is 4. The van der Waals surface area contributed by atoms with E-state index in [0.29, 0.717) is 29.6 Å². The number of carbonyl (C=O) groups excluding carboxylic acids is 1. The average molecular weight is 325 g/mol. The van der Waals surface area contributed by atoms with E-state index in [0.717, 1.165) is 12.8 Å². The van der Waals surface area contributed by atoms with Gasteiger partial charge in [0.15, 0.2) is 0 Å². The molecule has 0 saturated carbocycles. The second-order valence-corrected chi connectivity index (χ2v) is 6.70. The standard InChI is InChI=1S/C18H19N3OS/c1-13-6-7-14-4-2-3-5-16(14)21(13)10-8-17(22)20-18-15(12-19)9-11-23-18/h2-5,9,11,13H,6-8,10H2,1H3,(H,20,22). The Kier molecular flexibility index (Phi) is 4.63. The first kappa shape index (κ1) is 15.6. The van der Waals surface area contributed by atoms with Crippen LogP contribution >= 0.6 is 11.3 Å². The quantitative estimate of drug-likeness (QED) is 0.930. The molecule has 1 aliphatic heterocycles. The summed E-state index contributed by atoms with van der Waals surface area (Å²) >= 11 is 1.38. The molecule has 1 amide bonds. The Labute approximate surface area is 140 Å². The van der Waals surface area contributed by atoms with Gasteiger partial charge in [-0.2, -0.15) is 5.26 Å². The lowest BCUT2D eigenvalue weighted by Crippen LogP contribution is -2.39. The summed E-state index contributed by atoms with van der Waals surface area (Å²) in [6, 6.07) is 12.7. The molecule has 3 rings (SSSR count). The van der Waals surface area contributed by atoms with Gasteiger partial charge in [0.2, 0.25) is 5.91 Å². The number of amides is 1. The normalized spacial score (nSPS) is 16.5. The van der Waals surface area contributed by atoms with Crippen LogP contribution in [-0.4, -0.2) is 18.5 Å². The van der Waals surface area contributed by atoms with Gasteiger partial charge in [-0.05, 0) is 42.8 Å². The van der Waals surface area contributed by atoms with Crippen molar-refractivity contribution in [3.05, 3.63) is 46.8 Å². The lowest BCUT2D eigenvalue weighted by atomic mass is 9.96. The zero-order valence-corrected chi connectivity index (χ0v) is 13.9. The molecule has 0 spiro atoms. The summed E-state index contributed by atoms with van der Waals surface area (Å²) in [5.41, 5.74) is 3.13. The molecule has 2 heterocycles. The molecule has 0 saturated heterocycles. The summed E-state index contributed by atoms with van der Waals surface area (Å²) in [6.07, 6.45) is 2.63. The lowest BCUT2D eigenvalue weighted by Gasteiger charge is -2.37. The number of para-hydroxylation sites is 1. The minimum Gasteiger partial charge on any atom is -0.368 e. The lowest BCUT2D eigenvalue weighted by molar-refractivity contribution is -0.116. The van der Waals surface area contributed by atoms with Gasteiger partial charge in [-0.1, -0.05) is 18.2 Å². The van der Waals surface area contributed by atoms with Crippen LogP contribution in [0.15, 0.2) is 35.7 Å². The van der Waals surface area contributed by atoms with Crippen LogP contribution in [-0.2, 0) is 11.2 Å². The van der Waals surface area contributed by atoms with Crippen LogP contribution in [0.5, 0.6) is 0 Å². The molecule has 23 heavy (non-hydrogen) atoms. The SMILES string of the molecule is CC1CCc2ccccc2N1CCC(=O)Nc1sccc1C#N. The second kappa shape index (κ2) is 6.84. The van der Waals surface area contributed by atoms with E-state index in [2.05, 4.69) is 47.5 Å². The monoisotopic (exact) mass is 325 g/mol. The van der Waals surface area contributed by atoms with E-state index in [1.807, 2.05) is 5.38 Å². The molecule has 2 aromatic rings. The van der Waals surface area contributed by atoms with Crippen molar-refractivity contribution in [2.24, 2.45) is 0 Å². The van der Waals surface area contributed by atoms with Crippen LogP contribution < -0.4 is 10.2 Å². The number of anilines is 2. The fourth-order valence-corrected chi connectivity index (χ4v) is 3.76. The first-order chi connectivity index (χ1) is 11.2. The molecule has 1 atom stereocenters. The molecule has 0 fully saturated rings. The molecule has 4 nitrogen and oxygen atoms in total. The first-order valence-corrected chi connectivity index (χ1v) is 8.69. The van der Waals surface area contributed by atoms with Gasteiger partial charge in [0.05, 0.1) is 5.56 Å². The highest BCUT2D eigenvalue weighted by Crippen LogP contribution is 2.30. The number of benzene rings is 1. The number of nitrogens with one attached hydrogen (secondary N) is 1. The first-order valence-electron chi connectivity index (χ1n) is 7.81. The molecule has 1 N–H and O–H groups in total. The summed E-state index contributed by atoms with van der Waals surface area (Å²) < 4.78 is 0. The van der Waals surface area contributed by atoms with E-state index in [1.165, 1.54) is 22.6 Å². The molecule has 1 aliphatic rings. The number of hydrogen-bond donors (Lipinski definition) is 1. The Morgan fingerprint density at radius 2 is 2.26 bits per heavy atom. The number of aryl methyl sites for hydroxylation is 1. The average Bonchev–Trinajstić information content (AvgIpc) is 3.01. The van der Waals surface area contributed by atoms with Crippen molar-refractivity contribution < 1.29 is 4.79 Å². The Morgan fingerprint density at radius 3 is 3.09 bits per heavy atom. The third-order valence-corrected chi connectivity index (χ3v) is 5.11. The van der Waals surface area contributed by atoms with Crippen molar-refractivity contribution >= 4 is 27.9 Å². The molecule has 5 heteroatoms. The number of carbonyl (C=O) groups is 1. The smallest absolute Gasteiger partial charge is 0.226 e. The van der Waals surface area contributed by atoms with E-state index in [9.17, 15) is 4.79 Å². The van der Waals surface area contributed by atoms with Crippen molar-refractivity contribution in [2.75, 3.05) is 16.8 Å². The topological polar surface area (TPSA) is 56.1 Å². The highest BCUT2D eigenvalue weighted by molar-refractivity contribution is 7.14. The summed E-state index contributed by atoms with van der Waals surface area (Å²) in [6.45, 7) is 2.90. The number of nitrogens with zero attached hydrogens (tertiary/aromatic N) is 2. The number of rotatable bonds is 4. The number of fused-ring (bicyclic) bond motifs is 1. The Hall–Kier alpha value is -2.32. The van der Waals surface area contributed by atoms with Gasteiger partial charge in [-0.15, -0.1) is 11.3 Å². The molecule has 118 valence electrons. The third kappa shape index (κ3) is 3.38. The fraction of sp³-hybridized carbons (Fsp3) is 0.333. The van der Waals surface area contributed by atoms with E-state index >= 15 is 0 Å². The molecule has 0 bridgehead atoms. The third-order valence-electron chi connectivity index (χ3n) is 4.28. The zero-order valence-electron chi connectivity index (χ0n) is 13.1. The minimum absolute atomic E-state index is 0.0424. The van der Waals surface area contributed by atoms with Gasteiger partial charge in [0.25, 0.3) is 0 Å². The highest BCUT2D eigenvalue weighted by Gasteiger charge is 2.23. The predicted octanol–water partition coefficient (Wildman–Crippen LogP) is 3.79. The van der Waals surface area contributed by atoms with Crippen LogP contribution in [0.2, 0.25) is 0 Å². The van der Waals surface area contributed by atoms with Crippen molar-refractivity contribution in [3.8, 4) is 6.07 Å². The van der Waals surface area contributed by atoms with Crippen molar-refractivity contribution in [3.63, 3.8) is 0 Å². The number of nitriles is 1. The maximum absolute atomic E-state index is 12.2. The summed E-state index contributed by atoms with van der Waals surface area (Å²) in [4.78, 5) is 14.5. The second-order valence-electron chi connectivity index (χ2n) is 5.78. The van der Waals surface area contributed by atoms with Crippen molar-refractivity contribution in [1.29, 1.82) is 5.26 Å². The molecular weight excluding hydrogens is 306 g/mol. The van der Waals surface area contributed by atoms with E-state index in [1.54, 1.807) is 6.07 Å². The Bertz CT molecular complexity index is 747. The fourth-order valence-electron chi connectivity index (χ4n) is 3.01. The van der Waals surface area contributed by atoms with Gasteiger partial charge in [-0.25, -0.2) is 0 Å². The molecular formula is C18H19N3OS. The van der Waals surface area contributed by atoms with Gasteiger partial charge in [0.1, 0.15) is 11.1 Å². The predicted molar refractivity (Wildman–Crippen MR) is 93.9 cm³/mol. The molecule has 1 unspecified atom stereocenters. The van der Waals surface area contributed by atoms with Crippen LogP contribution in [0.3, 0.4) is 0 Å². The van der Waals surface area contributed by atoms with E-state index in [-0.39, 0.29) is 5.91 Å². The Morgan fingerprint density at radius 1 is 1.43 bits per heavy atom. The molecule has 0 radical (unpaired) electrons. The largest absolute Gasteiger partial charge is 0.368 e. The van der Waals surface area contributed by atoms with E-state index < -0.39 is 0 Å². The van der Waals surface area contributed by atoms with Crippen LogP contribution in [0.4, 0.5) is 10.7 Å². The molecule has 1 aromatic heterocycles. The zero-order chi connectivity index (χ0) is 16.2. The maximum Gasteiger partial charge on any atom is 0.226 e. The van der Waals surface area contributed by atoms with Crippen LogP contribution in [0.25, 0.3) is 0 Å². The van der Waals surface area contributed by atoms with Gasteiger partial charge < -0.3 is 10.2 Å². The van der Waals surface area contributed by atoms with E-state index in [4.69, 9.17) is 5.26 Å². The van der Waals surface area contributed by atoms with Crippen LogP contribution in [0.1, 0.15) is 30.9 Å². The summed E-state index contributed by atoms with van der Waals surface area (Å²) in [7, 11) is 0. The Balaban J connectivity index is 1.64.